The lowest BCUT2D eigenvalue weighted by atomic mass is 10.1. The van der Waals surface area contributed by atoms with Gasteiger partial charge in [-0.3, -0.25) is 9.59 Å². The Morgan fingerprint density at radius 3 is 2.30 bits per heavy atom. The highest BCUT2D eigenvalue weighted by atomic mass is 16.2. The van der Waals surface area contributed by atoms with Crippen LogP contribution in [0.5, 0.6) is 0 Å². The molecule has 0 unspecified atom stereocenters. The van der Waals surface area contributed by atoms with E-state index in [0.29, 0.717) is 5.69 Å². The van der Waals surface area contributed by atoms with Crippen LogP contribution in [0, 0.1) is 34.6 Å². The normalized spacial score (nSPS) is 11.0. The predicted molar refractivity (Wildman–Crippen MR) is 120 cm³/mol. The SMILES string of the molecule is Cc1ccc(-n2c(C)cc(/C=N\NC(=O)C(=O)Nc3ccccc3C)c2C)cc1C. The summed E-state index contributed by atoms with van der Waals surface area (Å²) in [7, 11) is 0. The van der Waals surface area contributed by atoms with Gasteiger partial charge in [-0.05, 0) is 75.6 Å². The molecule has 3 rings (SSSR count). The van der Waals surface area contributed by atoms with Crippen molar-refractivity contribution in [3.05, 3.63) is 82.2 Å². The Morgan fingerprint density at radius 1 is 0.867 bits per heavy atom. The molecule has 1 aromatic heterocycles. The van der Waals surface area contributed by atoms with Crippen LogP contribution in [0.3, 0.4) is 0 Å². The molecule has 2 N–H and O–H groups in total. The molecule has 0 aliphatic carbocycles. The van der Waals surface area contributed by atoms with Crippen LogP contribution >= 0.6 is 0 Å². The van der Waals surface area contributed by atoms with Crippen molar-refractivity contribution < 1.29 is 9.59 Å². The zero-order chi connectivity index (χ0) is 21.8. The molecule has 0 saturated heterocycles. The molecule has 2 amide bonds. The number of hydrogen-bond acceptors (Lipinski definition) is 3. The van der Waals surface area contributed by atoms with Gasteiger partial charge in [0.2, 0.25) is 0 Å². The smallest absolute Gasteiger partial charge is 0.318 e. The molecule has 0 aliphatic rings. The fraction of sp³-hybridized carbons (Fsp3) is 0.208. The number of hydrogen-bond donors (Lipinski definition) is 2. The zero-order valence-corrected chi connectivity index (χ0v) is 17.9. The van der Waals surface area contributed by atoms with E-state index in [1.807, 2.05) is 39.0 Å². The third-order valence-corrected chi connectivity index (χ3v) is 5.19. The molecule has 0 atom stereocenters. The monoisotopic (exact) mass is 402 g/mol. The number of nitrogens with zero attached hydrogens (tertiary/aromatic N) is 2. The zero-order valence-electron chi connectivity index (χ0n) is 17.9. The summed E-state index contributed by atoms with van der Waals surface area (Å²) in [5, 5.41) is 6.55. The largest absolute Gasteiger partial charge is 0.329 e. The van der Waals surface area contributed by atoms with Crippen molar-refractivity contribution in [2.24, 2.45) is 5.10 Å². The molecule has 6 heteroatoms. The second-order valence-corrected chi connectivity index (χ2v) is 7.40. The van der Waals surface area contributed by atoms with Gasteiger partial charge in [0, 0.05) is 28.3 Å². The molecule has 0 bridgehead atoms. The maximum absolute atomic E-state index is 12.1. The summed E-state index contributed by atoms with van der Waals surface area (Å²) in [4.78, 5) is 24.1. The lowest BCUT2D eigenvalue weighted by molar-refractivity contribution is -0.136. The van der Waals surface area contributed by atoms with Crippen LogP contribution < -0.4 is 10.7 Å². The lowest BCUT2D eigenvalue weighted by Crippen LogP contribution is -2.32. The number of para-hydroxylation sites is 1. The van der Waals surface area contributed by atoms with Gasteiger partial charge >= 0.3 is 11.8 Å². The van der Waals surface area contributed by atoms with Crippen LogP contribution in [0.25, 0.3) is 5.69 Å². The molecule has 0 radical (unpaired) electrons. The Labute approximate surface area is 176 Å². The van der Waals surface area contributed by atoms with Gasteiger partial charge in [-0.1, -0.05) is 24.3 Å². The molecule has 0 spiro atoms. The number of carbonyl (C=O) groups excluding carboxylic acids is 2. The molecule has 6 nitrogen and oxygen atoms in total. The van der Waals surface area contributed by atoms with E-state index in [4.69, 9.17) is 0 Å². The van der Waals surface area contributed by atoms with Crippen LogP contribution in [0.4, 0.5) is 5.69 Å². The summed E-state index contributed by atoms with van der Waals surface area (Å²) in [6, 6.07) is 15.6. The third kappa shape index (κ3) is 4.49. The van der Waals surface area contributed by atoms with E-state index < -0.39 is 11.8 Å². The molecular weight excluding hydrogens is 376 g/mol. The standard InChI is InChI=1S/C24H26N4O2/c1-15-10-11-21(12-17(15)3)28-18(4)13-20(19(28)5)14-25-27-24(30)23(29)26-22-9-7-6-8-16(22)2/h6-14H,1-5H3,(H,26,29)(H,27,30)/b25-14-. The van der Waals surface area contributed by atoms with Crippen molar-refractivity contribution in [1.29, 1.82) is 0 Å². The highest BCUT2D eigenvalue weighted by molar-refractivity contribution is 6.39. The van der Waals surface area contributed by atoms with Crippen molar-refractivity contribution in [2.75, 3.05) is 5.32 Å². The third-order valence-electron chi connectivity index (χ3n) is 5.19. The van der Waals surface area contributed by atoms with Crippen LogP contribution in [0.1, 0.15) is 33.6 Å². The molecule has 0 aliphatic heterocycles. The first-order valence-corrected chi connectivity index (χ1v) is 9.74. The summed E-state index contributed by atoms with van der Waals surface area (Å²) >= 11 is 0. The number of nitrogens with one attached hydrogen (secondary N) is 2. The predicted octanol–water partition coefficient (Wildman–Crippen LogP) is 4.11. The lowest BCUT2D eigenvalue weighted by Gasteiger charge is -2.11. The first-order valence-electron chi connectivity index (χ1n) is 9.74. The fourth-order valence-electron chi connectivity index (χ4n) is 3.28. The van der Waals surface area contributed by atoms with Gasteiger partial charge in [0.1, 0.15) is 0 Å². The molecule has 2 aromatic carbocycles. The Balaban J connectivity index is 1.70. The molecule has 1 heterocycles. The van der Waals surface area contributed by atoms with E-state index in [9.17, 15) is 9.59 Å². The molecule has 0 fully saturated rings. The molecule has 0 saturated carbocycles. The highest BCUT2D eigenvalue weighted by Crippen LogP contribution is 2.21. The molecule has 154 valence electrons. The highest BCUT2D eigenvalue weighted by Gasteiger charge is 2.14. The van der Waals surface area contributed by atoms with Crippen molar-refractivity contribution in [3.63, 3.8) is 0 Å². The Bertz CT molecular complexity index is 1140. The number of amides is 2. The Kier molecular flexibility index (Phi) is 6.16. The van der Waals surface area contributed by atoms with E-state index in [0.717, 1.165) is 28.2 Å². The average Bonchev–Trinajstić information content (AvgIpc) is 2.99. The van der Waals surface area contributed by atoms with E-state index in [-0.39, 0.29) is 0 Å². The average molecular weight is 402 g/mol. The van der Waals surface area contributed by atoms with Gasteiger partial charge < -0.3 is 9.88 Å². The van der Waals surface area contributed by atoms with Crippen molar-refractivity contribution in [3.8, 4) is 5.69 Å². The first kappa shape index (κ1) is 21.0. The molecule has 3 aromatic rings. The van der Waals surface area contributed by atoms with Crippen LogP contribution in [0.2, 0.25) is 0 Å². The van der Waals surface area contributed by atoms with Gasteiger partial charge in [0.25, 0.3) is 0 Å². The fourth-order valence-corrected chi connectivity index (χ4v) is 3.28. The number of rotatable bonds is 4. The van der Waals surface area contributed by atoms with Crippen molar-refractivity contribution in [1.82, 2.24) is 9.99 Å². The number of aryl methyl sites for hydroxylation is 4. The second-order valence-electron chi connectivity index (χ2n) is 7.40. The minimum absolute atomic E-state index is 0.596. The number of carbonyl (C=O) groups is 2. The Hall–Kier alpha value is -3.67. The summed E-state index contributed by atoms with van der Waals surface area (Å²) in [5.41, 5.74) is 10.2. The topological polar surface area (TPSA) is 75.5 Å². The maximum atomic E-state index is 12.1. The molecule has 30 heavy (non-hydrogen) atoms. The number of aromatic nitrogens is 1. The number of benzene rings is 2. The van der Waals surface area contributed by atoms with E-state index >= 15 is 0 Å². The summed E-state index contributed by atoms with van der Waals surface area (Å²) in [6.45, 7) is 10.1. The van der Waals surface area contributed by atoms with E-state index in [1.54, 1.807) is 18.3 Å². The molecular formula is C24H26N4O2. The van der Waals surface area contributed by atoms with Gasteiger partial charge in [0.05, 0.1) is 6.21 Å². The van der Waals surface area contributed by atoms with Crippen LogP contribution in [-0.4, -0.2) is 22.6 Å². The second kappa shape index (κ2) is 8.78. The number of anilines is 1. The van der Waals surface area contributed by atoms with Gasteiger partial charge in [-0.25, -0.2) is 5.43 Å². The van der Waals surface area contributed by atoms with E-state index in [2.05, 4.69) is 52.5 Å². The summed E-state index contributed by atoms with van der Waals surface area (Å²) in [5.74, 6) is -1.58. The Morgan fingerprint density at radius 2 is 1.60 bits per heavy atom. The summed E-state index contributed by atoms with van der Waals surface area (Å²) < 4.78 is 2.14. The maximum Gasteiger partial charge on any atom is 0.329 e. The summed E-state index contributed by atoms with van der Waals surface area (Å²) in [6.07, 6.45) is 1.55. The van der Waals surface area contributed by atoms with Gasteiger partial charge in [0.15, 0.2) is 0 Å². The number of hydrazone groups is 1. The minimum atomic E-state index is -0.822. The van der Waals surface area contributed by atoms with Crippen molar-refractivity contribution in [2.45, 2.75) is 34.6 Å². The van der Waals surface area contributed by atoms with Gasteiger partial charge in [-0.15, -0.1) is 0 Å². The van der Waals surface area contributed by atoms with E-state index in [1.165, 1.54) is 11.1 Å². The van der Waals surface area contributed by atoms with Crippen LogP contribution in [0.15, 0.2) is 53.6 Å². The first-order chi connectivity index (χ1) is 14.3. The van der Waals surface area contributed by atoms with Crippen LogP contribution in [-0.2, 0) is 9.59 Å². The van der Waals surface area contributed by atoms with Gasteiger partial charge in [-0.2, -0.15) is 5.10 Å². The minimum Gasteiger partial charge on any atom is -0.318 e. The quantitative estimate of drug-likeness (QED) is 0.391. The van der Waals surface area contributed by atoms with Crippen molar-refractivity contribution >= 4 is 23.7 Å².